The normalized spacial score (nSPS) is 14.9. The highest BCUT2D eigenvalue weighted by atomic mass is 32.2. The topological polar surface area (TPSA) is 38.7 Å². The fraction of sp³-hybridized carbons (Fsp3) is 0.250. The van der Waals surface area contributed by atoms with Crippen molar-refractivity contribution < 1.29 is 14.6 Å². The molecule has 0 spiro atoms. The average molecular weight is 288 g/mol. The zero-order valence-corrected chi connectivity index (χ0v) is 12.0. The number of ether oxygens (including phenoxy) is 2. The first-order valence-electron chi connectivity index (χ1n) is 6.58. The second kappa shape index (κ2) is 5.77. The van der Waals surface area contributed by atoms with Crippen LogP contribution in [0.15, 0.2) is 52.3 Å². The third-order valence-corrected chi connectivity index (χ3v) is 4.19. The van der Waals surface area contributed by atoms with Crippen LogP contribution in [-0.2, 0) is 0 Å². The molecule has 0 aliphatic carbocycles. The maximum Gasteiger partial charge on any atom is 0.162 e. The number of aliphatic hydroxyl groups is 1. The van der Waals surface area contributed by atoms with Gasteiger partial charge in [0.1, 0.15) is 13.2 Å². The van der Waals surface area contributed by atoms with Gasteiger partial charge in [0.05, 0.1) is 6.10 Å². The quantitative estimate of drug-likeness (QED) is 0.935. The zero-order valence-electron chi connectivity index (χ0n) is 11.2. The summed E-state index contributed by atoms with van der Waals surface area (Å²) in [6.07, 6.45) is -0.476. The summed E-state index contributed by atoms with van der Waals surface area (Å²) in [5, 5.41) is 9.82. The minimum absolute atomic E-state index is 0.476. The third-order valence-electron chi connectivity index (χ3n) is 3.11. The van der Waals surface area contributed by atoms with Gasteiger partial charge in [0.25, 0.3) is 0 Å². The molecule has 0 amide bonds. The molecule has 1 aliphatic rings. The predicted molar refractivity (Wildman–Crippen MR) is 78.6 cm³/mol. The van der Waals surface area contributed by atoms with Crippen molar-refractivity contribution in [2.24, 2.45) is 0 Å². The molecule has 3 rings (SSSR count). The Bertz CT molecular complexity index is 610. The van der Waals surface area contributed by atoms with Crippen molar-refractivity contribution >= 4 is 11.8 Å². The maximum atomic E-state index is 9.82. The van der Waals surface area contributed by atoms with E-state index in [9.17, 15) is 5.11 Å². The van der Waals surface area contributed by atoms with Gasteiger partial charge in [-0.15, -0.1) is 0 Å². The molecule has 0 saturated carbocycles. The fourth-order valence-electron chi connectivity index (χ4n) is 2.13. The lowest BCUT2D eigenvalue weighted by atomic mass is 10.1. The van der Waals surface area contributed by atoms with Gasteiger partial charge in [-0.25, -0.2) is 0 Å². The first-order chi connectivity index (χ1) is 9.74. The molecule has 20 heavy (non-hydrogen) atoms. The van der Waals surface area contributed by atoms with Crippen LogP contribution in [0.25, 0.3) is 0 Å². The number of hydrogen-bond donors (Lipinski definition) is 1. The molecule has 2 aromatic rings. The van der Waals surface area contributed by atoms with Crippen LogP contribution in [0.5, 0.6) is 11.5 Å². The van der Waals surface area contributed by atoms with Crippen LogP contribution < -0.4 is 9.47 Å². The van der Waals surface area contributed by atoms with Crippen molar-refractivity contribution in [3.8, 4) is 11.5 Å². The zero-order chi connectivity index (χ0) is 13.9. The van der Waals surface area contributed by atoms with E-state index in [1.54, 1.807) is 18.7 Å². The summed E-state index contributed by atoms with van der Waals surface area (Å²) in [6.45, 7) is 2.97. The van der Waals surface area contributed by atoms with E-state index in [2.05, 4.69) is 0 Å². The lowest BCUT2D eigenvalue weighted by Gasteiger charge is -2.19. The lowest BCUT2D eigenvalue weighted by molar-refractivity contribution is 0.171. The van der Waals surface area contributed by atoms with Gasteiger partial charge in [-0.3, -0.25) is 0 Å². The van der Waals surface area contributed by atoms with Crippen molar-refractivity contribution in [3.63, 3.8) is 0 Å². The monoisotopic (exact) mass is 288 g/mol. The van der Waals surface area contributed by atoms with Crippen molar-refractivity contribution in [2.45, 2.75) is 22.8 Å². The smallest absolute Gasteiger partial charge is 0.162 e. The molecule has 0 radical (unpaired) electrons. The predicted octanol–water partition coefficient (Wildman–Crippen LogP) is 3.66. The Morgan fingerprint density at radius 3 is 2.60 bits per heavy atom. The Kier molecular flexibility index (Phi) is 3.85. The highest BCUT2D eigenvalue weighted by Gasteiger charge is 2.13. The van der Waals surface area contributed by atoms with E-state index in [1.807, 2.05) is 42.5 Å². The lowest BCUT2D eigenvalue weighted by Crippen LogP contribution is -2.15. The molecule has 104 valence electrons. The van der Waals surface area contributed by atoms with E-state index < -0.39 is 6.10 Å². The van der Waals surface area contributed by atoms with E-state index >= 15 is 0 Å². The standard InChI is InChI=1S/C16H16O3S/c1-11(17)13-4-2-3-5-16(13)20-12-6-7-14-15(10-12)19-9-8-18-14/h2-7,10-11,17H,8-9H2,1H3/t11-/m0/s1. The van der Waals surface area contributed by atoms with Crippen molar-refractivity contribution in [1.29, 1.82) is 0 Å². The van der Waals surface area contributed by atoms with Crippen LogP contribution in [0.2, 0.25) is 0 Å². The number of benzene rings is 2. The fourth-order valence-corrected chi connectivity index (χ4v) is 3.19. The van der Waals surface area contributed by atoms with Crippen LogP contribution in [0.3, 0.4) is 0 Å². The molecule has 4 heteroatoms. The minimum Gasteiger partial charge on any atom is -0.486 e. The molecule has 1 atom stereocenters. The summed E-state index contributed by atoms with van der Waals surface area (Å²) in [5.74, 6) is 1.58. The molecular weight excluding hydrogens is 272 g/mol. The summed E-state index contributed by atoms with van der Waals surface area (Å²) < 4.78 is 11.1. The first-order valence-corrected chi connectivity index (χ1v) is 7.40. The maximum absolute atomic E-state index is 9.82. The highest BCUT2D eigenvalue weighted by molar-refractivity contribution is 7.99. The number of aliphatic hydroxyl groups excluding tert-OH is 1. The Labute approximate surface area is 122 Å². The van der Waals surface area contributed by atoms with Gasteiger partial charge in [-0.05, 0) is 36.8 Å². The van der Waals surface area contributed by atoms with Crippen LogP contribution in [-0.4, -0.2) is 18.3 Å². The number of hydrogen-bond acceptors (Lipinski definition) is 4. The third kappa shape index (κ3) is 2.76. The second-order valence-electron chi connectivity index (χ2n) is 4.62. The molecule has 0 aromatic heterocycles. The summed E-state index contributed by atoms with van der Waals surface area (Å²) in [4.78, 5) is 2.13. The van der Waals surface area contributed by atoms with E-state index in [1.165, 1.54) is 0 Å². The Balaban J connectivity index is 1.88. The van der Waals surface area contributed by atoms with Crippen LogP contribution in [0.4, 0.5) is 0 Å². The van der Waals surface area contributed by atoms with Gasteiger partial charge < -0.3 is 14.6 Å². The Hall–Kier alpha value is -1.65. The minimum atomic E-state index is -0.476. The molecule has 1 heterocycles. The Morgan fingerprint density at radius 1 is 1.05 bits per heavy atom. The molecule has 0 fully saturated rings. The second-order valence-corrected chi connectivity index (χ2v) is 5.74. The van der Waals surface area contributed by atoms with Crippen LogP contribution in [0.1, 0.15) is 18.6 Å². The van der Waals surface area contributed by atoms with Gasteiger partial charge in [0.2, 0.25) is 0 Å². The molecule has 2 aromatic carbocycles. The van der Waals surface area contributed by atoms with Crippen molar-refractivity contribution in [2.75, 3.05) is 13.2 Å². The summed E-state index contributed by atoms with van der Waals surface area (Å²) >= 11 is 1.62. The van der Waals surface area contributed by atoms with Crippen molar-refractivity contribution in [3.05, 3.63) is 48.0 Å². The van der Waals surface area contributed by atoms with E-state index in [4.69, 9.17) is 9.47 Å². The Morgan fingerprint density at radius 2 is 1.80 bits per heavy atom. The summed E-state index contributed by atoms with van der Waals surface area (Å²) in [6, 6.07) is 13.8. The van der Waals surface area contributed by atoms with E-state index in [0.717, 1.165) is 26.9 Å². The molecule has 1 N–H and O–H groups in total. The molecule has 0 unspecified atom stereocenters. The highest BCUT2D eigenvalue weighted by Crippen LogP contribution is 2.38. The first kappa shape index (κ1) is 13.3. The van der Waals surface area contributed by atoms with Gasteiger partial charge in [-0.2, -0.15) is 0 Å². The summed E-state index contributed by atoms with van der Waals surface area (Å²) in [5.41, 5.74) is 0.937. The number of fused-ring (bicyclic) bond motifs is 1. The van der Waals surface area contributed by atoms with Gasteiger partial charge in [0.15, 0.2) is 11.5 Å². The number of rotatable bonds is 3. The van der Waals surface area contributed by atoms with Crippen LogP contribution in [0, 0.1) is 0 Å². The SMILES string of the molecule is C[C@H](O)c1ccccc1Sc1ccc2c(c1)OCCO2. The average Bonchev–Trinajstić information content (AvgIpc) is 2.47. The molecule has 3 nitrogen and oxygen atoms in total. The van der Waals surface area contributed by atoms with Crippen molar-refractivity contribution in [1.82, 2.24) is 0 Å². The molecule has 1 aliphatic heterocycles. The van der Waals surface area contributed by atoms with Gasteiger partial charge in [0, 0.05) is 9.79 Å². The van der Waals surface area contributed by atoms with Gasteiger partial charge in [-0.1, -0.05) is 30.0 Å². The van der Waals surface area contributed by atoms with Crippen LogP contribution >= 0.6 is 11.8 Å². The van der Waals surface area contributed by atoms with E-state index in [0.29, 0.717) is 13.2 Å². The summed E-state index contributed by atoms with van der Waals surface area (Å²) in [7, 11) is 0. The molecule has 0 saturated heterocycles. The molecule has 0 bridgehead atoms. The largest absolute Gasteiger partial charge is 0.486 e. The van der Waals surface area contributed by atoms with Gasteiger partial charge >= 0.3 is 0 Å². The van der Waals surface area contributed by atoms with E-state index in [-0.39, 0.29) is 0 Å². The molecular formula is C16H16O3S.